The molecule has 23 heavy (non-hydrogen) atoms. The summed E-state index contributed by atoms with van der Waals surface area (Å²) in [5.41, 5.74) is -0.503. The molecule has 2 amide bonds. The number of piperidine rings is 1. The van der Waals surface area contributed by atoms with Gasteiger partial charge in [-0.1, -0.05) is 0 Å². The summed E-state index contributed by atoms with van der Waals surface area (Å²) in [6, 6.07) is 0.00793. The van der Waals surface area contributed by atoms with Gasteiger partial charge in [-0.15, -0.1) is 0 Å². The van der Waals surface area contributed by atoms with E-state index in [0.29, 0.717) is 26.1 Å². The third kappa shape index (κ3) is 8.21. The number of nitrogens with zero attached hydrogens (tertiary/aromatic N) is 1. The van der Waals surface area contributed by atoms with E-state index < -0.39 is 5.60 Å². The van der Waals surface area contributed by atoms with Crippen molar-refractivity contribution in [2.75, 3.05) is 19.7 Å². The Balaban J connectivity index is 2.42. The van der Waals surface area contributed by atoms with Crippen molar-refractivity contribution in [1.29, 1.82) is 0 Å². The molecular formula is C17H32N2O4. The van der Waals surface area contributed by atoms with E-state index in [1.54, 1.807) is 4.90 Å². The molecule has 0 aromatic heterocycles. The second kappa shape index (κ2) is 9.11. The lowest BCUT2D eigenvalue weighted by Crippen LogP contribution is -2.50. The highest BCUT2D eigenvalue weighted by molar-refractivity contribution is 5.76. The Morgan fingerprint density at radius 1 is 1.26 bits per heavy atom. The first-order valence-corrected chi connectivity index (χ1v) is 8.57. The van der Waals surface area contributed by atoms with Crippen molar-refractivity contribution >= 4 is 12.0 Å². The monoisotopic (exact) mass is 328 g/mol. The number of hydrogen-bond donors (Lipinski definition) is 1. The van der Waals surface area contributed by atoms with Crippen LogP contribution in [0.3, 0.4) is 0 Å². The molecule has 0 spiro atoms. The standard InChI is InChI=1S/C17H32N2O4/c1-13(2)22-11-9-15(20)18-12-14-8-6-7-10-19(14)16(21)23-17(3,4)5/h13-14H,6-12H2,1-5H3,(H,18,20). The van der Waals surface area contributed by atoms with Crippen molar-refractivity contribution < 1.29 is 19.1 Å². The van der Waals surface area contributed by atoms with Gasteiger partial charge >= 0.3 is 6.09 Å². The second-order valence-electron chi connectivity index (χ2n) is 7.30. The van der Waals surface area contributed by atoms with Gasteiger partial charge in [0.05, 0.1) is 18.8 Å². The second-order valence-corrected chi connectivity index (χ2v) is 7.30. The van der Waals surface area contributed by atoms with Crippen LogP contribution in [0.2, 0.25) is 0 Å². The summed E-state index contributed by atoms with van der Waals surface area (Å²) in [5, 5.41) is 2.91. The first-order chi connectivity index (χ1) is 10.7. The van der Waals surface area contributed by atoms with Gasteiger partial charge < -0.3 is 19.7 Å². The minimum Gasteiger partial charge on any atom is -0.444 e. The predicted molar refractivity (Wildman–Crippen MR) is 89.3 cm³/mol. The summed E-state index contributed by atoms with van der Waals surface area (Å²) in [7, 11) is 0. The van der Waals surface area contributed by atoms with E-state index in [2.05, 4.69) is 5.32 Å². The lowest BCUT2D eigenvalue weighted by molar-refractivity contribution is -0.122. The molecule has 6 heteroatoms. The molecule has 1 heterocycles. The number of rotatable bonds is 6. The van der Waals surface area contributed by atoms with Gasteiger partial charge in [0.1, 0.15) is 5.60 Å². The fraction of sp³-hybridized carbons (Fsp3) is 0.882. The van der Waals surface area contributed by atoms with Gasteiger partial charge in [0.2, 0.25) is 5.91 Å². The molecule has 0 radical (unpaired) electrons. The highest BCUT2D eigenvalue weighted by Crippen LogP contribution is 2.20. The van der Waals surface area contributed by atoms with Crippen molar-refractivity contribution in [2.45, 2.75) is 78.0 Å². The zero-order valence-corrected chi connectivity index (χ0v) is 15.2. The Morgan fingerprint density at radius 2 is 1.96 bits per heavy atom. The minimum absolute atomic E-state index is 0.00793. The van der Waals surface area contributed by atoms with Gasteiger partial charge in [-0.25, -0.2) is 4.79 Å². The maximum absolute atomic E-state index is 12.3. The SMILES string of the molecule is CC(C)OCCC(=O)NCC1CCCCN1C(=O)OC(C)(C)C. The van der Waals surface area contributed by atoms with Crippen molar-refractivity contribution in [3.05, 3.63) is 0 Å². The third-order valence-electron chi connectivity index (χ3n) is 3.57. The van der Waals surface area contributed by atoms with Crippen molar-refractivity contribution in [3.63, 3.8) is 0 Å². The van der Waals surface area contributed by atoms with E-state index in [4.69, 9.17) is 9.47 Å². The van der Waals surface area contributed by atoms with Crippen LogP contribution in [0.25, 0.3) is 0 Å². The summed E-state index contributed by atoms with van der Waals surface area (Å²) in [6.45, 7) is 11.0. The summed E-state index contributed by atoms with van der Waals surface area (Å²) in [5.74, 6) is -0.0413. The first kappa shape index (κ1) is 19.7. The predicted octanol–water partition coefficient (Wildman–Crippen LogP) is 2.71. The smallest absolute Gasteiger partial charge is 0.410 e. The number of nitrogens with one attached hydrogen (secondary N) is 1. The van der Waals surface area contributed by atoms with E-state index in [-0.39, 0.29) is 24.1 Å². The van der Waals surface area contributed by atoms with Crippen molar-refractivity contribution in [2.24, 2.45) is 0 Å². The molecule has 1 unspecified atom stereocenters. The Kier molecular flexibility index (Phi) is 7.82. The van der Waals surface area contributed by atoms with Crippen LogP contribution in [0.4, 0.5) is 4.79 Å². The van der Waals surface area contributed by atoms with Gasteiger partial charge in [-0.2, -0.15) is 0 Å². The Morgan fingerprint density at radius 3 is 2.57 bits per heavy atom. The molecule has 134 valence electrons. The summed E-state index contributed by atoms with van der Waals surface area (Å²) >= 11 is 0. The number of amides is 2. The summed E-state index contributed by atoms with van der Waals surface area (Å²) in [4.78, 5) is 25.9. The van der Waals surface area contributed by atoms with E-state index in [1.165, 1.54) is 0 Å². The van der Waals surface area contributed by atoms with Crippen LogP contribution in [-0.4, -0.2) is 54.3 Å². The zero-order valence-electron chi connectivity index (χ0n) is 15.2. The van der Waals surface area contributed by atoms with Gasteiger partial charge in [0, 0.05) is 19.5 Å². The van der Waals surface area contributed by atoms with Gasteiger partial charge in [0.25, 0.3) is 0 Å². The molecule has 1 rings (SSSR count). The third-order valence-corrected chi connectivity index (χ3v) is 3.57. The largest absolute Gasteiger partial charge is 0.444 e. The van der Waals surface area contributed by atoms with Crippen LogP contribution < -0.4 is 5.32 Å². The molecule has 6 nitrogen and oxygen atoms in total. The number of carbonyl (C=O) groups excluding carboxylic acids is 2. The molecular weight excluding hydrogens is 296 g/mol. The highest BCUT2D eigenvalue weighted by atomic mass is 16.6. The van der Waals surface area contributed by atoms with E-state index in [1.807, 2.05) is 34.6 Å². The fourth-order valence-corrected chi connectivity index (χ4v) is 2.48. The topological polar surface area (TPSA) is 67.9 Å². The average Bonchev–Trinajstić information content (AvgIpc) is 2.43. The number of ether oxygens (including phenoxy) is 2. The molecule has 1 aliphatic heterocycles. The molecule has 0 aromatic carbocycles. The van der Waals surface area contributed by atoms with Gasteiger partial charge in [0.15, 0.2) is 0 Å². The normalized spacial score (nSPS) is 18.9. The lowest BCUT2D eigenvalue weighted by Gasteiger charge is -2.36. The molecule has 1 saturated heterocycles. The van der Waals surface area contributed by atoms with Crippen molar-refractivity contribution in [3.8, 4) is 0 Å². The summed E-state index contributed by atoms with van der Waals surface area (Å²) < 4.78 is 10.8. The molecule has 0 saturated carbocycles. The van der Waals surface area contributed by atoms with E-state index >= 15 is 0 Å². The average molecular weight is 328 g/mol. The maximum atomic E-state index is 12.3. The molecule has 1 atom stereocenters. The number of hydrogen-bond acceptors (Lipinski definition) is 4. The Bertz CT molecular complexity index is 391. The number of carbonyl (C=O) groups is 2. The fourth-order valence-electron chi connectivity index (χ4n) is 2.48. The number of likely N-dealkylation sites (tertiary alicyclic amines) is 1. The van der Waals surface area contributed by atoms with Crippen LogP contribution in [0.15, 0.2) is 0 Å². The minimum atomic E-state index is -0.503. The Labute approximate surface area is 139 Å². The molecule has 1 N–H and O–H groups in total. The first-order valence-electron chi connectivity index (χ1n) is 8.57. The molecule has 0 aliphatic carbocycles. The maximum Gasteiger partial charge on any atom is 0.410 e. The lowest BCUT2D eigenvalue weighted by atomic mass is 10.0. The highest BCUT2D eigenvalue weighted by Gasteiger charge is 2.30. The van der Waals surface area contributed by atoms with Crippen LogP contribution in [-0.2, 0) is 14.3 Å². The van der Waals surface area contributed by atoms with Crippen LogP contribution in [0.1, 0.15) is 60.3 Å². The van der Waals surface area contributed by atoms with Crippen LogP contribution >= 0.6 is 0 Å². The van der Waals surface area contributed by atoms with E-state index in [0.717, 1.165) is 19.3 Å². The quantitative estimate of drug-likeness (QED) is 0.814. The van der Waals surface area contributed by atoms with E-state index in [9.17, 15) is 9.59 Å². The van der Waals surface area contributed by atoms with Crippen LogP contribution in [0.5, 0.6) is 0 Å². The molecule has 0 bridgehead atoms. The van der Waals surface area contributed by atoms with Crippen molar-refractivity contribution in [1.82, 2.24) is 10.2 Å². The van der Waals surface area contributed by atoms with Crippen LogP contribution in [0, 0.1) is 0 Å². The Hall–Kier alpha value is -1.30. The summed E-state index contributed by atoms with van der Waals surface area (Å²) in [6.07, 6.45) is 3.12. The molecule has 0 aromatic rings. The molecule has 1 aliphatic rings. The zero-order chi connectivity index (χ0) is 17.5. The molecule has 1 fully saturated rings. The van der Waals surface area contributed by atoms with Gasteiger partial charge in [-0.05, 0) is 53.9 Å². The van der Waals surface area contributed by atoms with Gasteiger partial charge in [-0.3, -0.25) is 4.79 Å².